The number of nitrogens with one attached hydrogen (secondary N) is 1. The van der Waals surface area contributed by atoms with Gasteiger partial charge >= 0.3 is 6.55 Å². The first-order valence-electron chi connectivity index (χ1n) is 6.47. The second-order valence-electron chi connectivity index (χ2n) is 4.76. The Morgan fingerprint density at radius 3 is 2.89 bits per heavy atom. The summed E-state index contributed by atoms with van der Waals surface area (Å²) in [4.78, 5) is 0. The van der Waals surface area contributed by atoms with E-state index in [0.29, 0.717) is 16.4 Å². The highest BCUT2D eigenvalue weighted by molar-refractivity contribution is 5.54. The molecule has 3 heterocycles. The van der Waals surface area contributed by atoms with Gasteiger partial charge in [-0.05, 0) is 37.6 Å². The molecule has 6 heteroatoms. The maximum Gasteiger partial charge on any atom is 0.333 e. The summed E-state index contributed by atoms with van der Waals surface area (Å²) in [6.45, 7) is -0.627. The zero-order valence-electron chi connectivity index (χ0n) is 10.5. The van der Waals surface area contributed by atoms with E-state index >= 15 is 0 Å². The van der Waals surface area contributed by atoms with Gasteiger partial charge < -0.3 is 9.88 Å². The standard InChI is InChI=1S/C13H16F2N4/c14-13(15)19-8-5-11(17-19)12-4-2-7-18(12)10-3-1-6-16-9-10/h2,4-5,7-8,10,13,16H,1,3,6,9H2/t10-/m1/s1. The zero-order valence-corrected chi connectivity index (χ0v) is 10.5. The van der Waals surface area contributed by atoms with Gasteiger partial charge in [0.25, 0.3) is 0 Å². The molecule has 3 rings (SSSR count). The fourth-order valence-electron chi connectivity index (χ4n) is 2.58. The molecule has 0 bridgehead atoms. The van der Waals surface area contributed by atoms with E-state index in [1.165, 1.54) is 6.20 Å². The molecule has 1 N–H and O–H groups in total. The number of halogens is 2. The van der Waals surface area contributed by atoms with Crippen molar-refractivity contribution in [2.75, 3.05) is 13.1 Å². The number of hydrogen-bond donors (Lipinski definition) is 1. The topological polar surface area (TPSA) is 34.8 Å². The van der Waals surface area contributed by atoms with Gasteiger partial charge in [0.2, 0.25) is 0 Å². The Bertz CT molecular complexity index is 540. The van der Waals surface area contributed by atoms with E-state index in [-0.39, 0.29) is 0 Å². The van der Waals surface area contributed by atoms with Crippen LogP contribution in [0.15, 0.2) is 30.6 Å². The van der Waals surface area contributed by atoms with Gasteiger partial charge in [0.05, 0.1) is 5.69 Å². The molecule has 1 fully saturated rings. The summed E-state index contributed by atoms with van der Waals surface area (Å²) in [5.41, 5.74) is 1.49. The minimum Gasteiger partial charge on any atom is -0.342 e. The van der Waals surface area contributed by atoms with Crippen molar-refractivity contribution in [2.24, 2.45) is 0 Å². The first-order valence-corrected chi connectivity index (χ1v) is 6.47. The molecule has 0 radical (unpaired) electrons. The zero-order chi connectivity index (χ0) is 13.2. The van der Waals surface area contributed by atoms with Gasteiger partial charge in [-0.1, -0.05) is 0 Å². The van der Waals surface area contributed by atoms with Gasteiger partial charge in [-0.25, -0.2) is 4.68 Å². The number of hydrogen-bond acceptors (Lipinski definition) is 2. The van der Waals surface area contributed by atoms with Crippen molar-refractivity contribution in [3.8, 4) is 11.4 Å². The van der Waals surface area contributed by atoms with Crippen LogP contribution in [0.25, 0.3) is 11.4 Å². The predicted molar refractivity (Wildman–Crippen MR) is 68.0 cm³/mol. The Labute approximate surface area is 110 Å². The molecule has 0 spiro atoms. The lowest BCUT2D eigenvalue weighted by Crippen LogP contribution is -2.31. The smallest absolute Gasteiger partial charge is 0.333 e. The monoisotopic (exact) mass is 266 g/mol. The summed E-state index contributed by atoms with van der Waals surface area (Å²) in [6, 6.07) is 5.86. The second-order valence-corrected chi connectivity index (χ2v) is 4.76. The van der Waals surface area contributed by atoms with Gasteiger partial charge in [-0.2, -0.15) is 13.9 Å². The number of nitrogens with zero attached hydrogens (tertiary/aromatic N) is 3. The molecule has 0 aliphatic carbocycles. The third kappa shape index (κ3) is 2.40. The normalized spacial score (nSPS) is 20.1. The van der Waals surface area contributed by atoms with Crippen molar-refractivity contribution < 1.29 is 8.78 Å². The Balaban J connectivity index is 1.89. The lowest BCUT2D eigenvalue weighted by molar-refractivity contribution is 0.0568. The van der Waals surface area contributed by atoms with Crippen molar-refractivity contribution in [3.63, 3.8) is 0 Å². The largest absolute Gasteiger partial charge is 0.342 e. The minimum atomic E-state index is -2.59. The summed E-state index contributed by atoms with van der Waals surface area (Å²) in [7, 11) is 0. The van der Waals surface area contributed by atoms with Crippen LogP contribution in [0.3, 0.4) is 0 Å². The molecular formula is C13H16F2N4. The predicted octanol–water partition coefficient (Wildman–Crippen LogP) is 2.67. The SMILES string of the molecule is FC(F)n1ccc(-c2cccn2[C@@H]2CCCNC2)n1. The molecule has 102 valence electrons. The molecule has 0 unspecified atom stereocenters. The van der Waals surface area contributed by atoms with Crippen LogP contribution in [0.1, 0.15) is 25.4 Å². The highest BCUT2D eigenvalue weighted by Crippen LogP contribution is 2.26. The van der Waals surface area contributed by atoms with Crippen LogP contribution in [0.5, 0.6) is 0 Å². The maximum atomic E-state index is 12.6. The Morgan fingerprint density at radius 2 is 2.21 bits per heavy atom. The van der Waals surface area contributed by atoms with Gasteiger partial charge in [-0.15, -0.1) is 0 Å². The van der Waals surface area contributed by atoms with E-state index in [1.807, 2.05) is 18.3 Å². The molecule has 1 aliphatic rings. The lowest BCUT2D eigenvalue weighted by atomic mass is 10.1. The number of rotatable bonds is 3. The molecule has 1 atom stereocenters. The molecule has 2 aromatic heterocycles. The molecule has 0 aromatic carbocycles. The maximum absolute atomic E-state index is 12.6. The van der Waals surface area contributed by atoms with Crippen LogP contribution in [0, 0.1) is 0 Å². The number of alkyl halides is 2. The van der Waals surface area contributed by atoms with Crippen LogP contribution >= 0.6 is 0 Å². The number of piperidine rings is 1. The van der Waals surface area contributed by atoms with Crippen molar-refractivity contribution in [1.29, 1.82) is 0 Å². The van der Waals surface area contributed by atoms with Crippen LogP contribution in [0.2, 0.25) is 0 Å². The Kier molecular flexibility index (Phi) is 3.33. The van der Waals surface area contributed by atoms with E-state index in [0.717, 1.165) is 31.6 Å². The van der Waals surface area contributed by atoms with Crippen LogP contribution in [0.4, 0.5) is 8.78 Å². The molecule has 0 amide bonds. The molecule has 19 heavy (non-hydrogen) atoms. The van der Waals surface area contributed by atoms with Gasteiger partial charge in [0.1, 0.15) is 5.69 Å². The molecule has 2 aromatic rings. The van der Waals surface area contributed by atoms with E-state index in [2.05, 4.69) is 15.0 Å². The minimum absolute atomic E-state index is 0.371. The first-order chi connectivity index (χ1) is 9.25. The molecule has 4 nitrogen and oxygen atoms in total. The van der Waals surface area contributed by atoms with Crippen LogP contribution in [-0.2, 0) is 0 Å². The van der Waals surface area contributed by atoms with Crippen molar-refractivity contribution in [1.82, 2.24) is 19.7 Å². The fourth-order valence-corrected chi connectivity index (χ4v) is 2.58. The summed E-state index contributed by atoms with van der Waals surface area (Å²) >= 11 is 0. The summed E-state index contributed by atoms with van der Waals surface area (Å²) in [5, 5.41) is 7.29. The van der Waals surface area contributed by atoms with Crippen LogP contribution < -0.4 is 5.32 Å². The highest BCUT2D eigenvalue weighted by Gasteiger charge is 2.19. The average Bonchev–Trinajstić information content (AvgIpc) is 3.08. The summed E-state index contributed by atoms with van der Waals surface area (Å²) in [5.74, 6) is 0. The lowest BCUT2D eigenvalue weighted by Gasteiger charge is -2.25. The van der Waals surface area contributed by atoms with Crippen molar-refractivity contribution >= 4 is 0 Å². The van der Waals surface area contributed by atoms with Gasteiger partial charge in [0, 0.05) is 25.0 Å². The van der Waals surface area contributed by atoms with Gasteiger partial charge in [-0.3, -0.25) is 0 Å². The third-order valence-electron chi connectivity index (χ3n) is 3.51. The average molecular weight is 266 g/mol. The molecule has 1 saturated heterocycles. The molecular weight excluding hydrogens is 250 g/mol. The summed E-state index contributed by atoms with van der Waals surface area (Å²) < 4.78 is 27.9. The van der Waals surface area contributed by atoms with E-state index in [4.69, 9.17) is 0 Å². The fraction of sp³-hybridized carbons (Fsp3) is 0.462. The number of aromatic nitrogens is 3. The van der Waals surface area contributed by atoms with Crippen molar-refractivity contribution in [2.45, 2.75) is 25.4 Å². The van der Waals surface area contributed by atoms with Crippen LogP contribution in [-0.4, -0.2) is 27.4 Å². The molecule has 0 saturated carbocycles. The molecule has 1 aliphatic heterocycles. The third-order valence-corrected chi connectivity index (χ3v) is 3.51. The summed E-state index contributed by atoms with van der Waals surface area (Å²) in [6.07, 6.45) is 5.54. The first kappa shape index (κ1) is 12.3. The van der Waals surface area contributed by atoms with Gasteiger partial charge in [0.15, 0.2) is 0 Å². The highest BCUT2D eigenvalue weighted by atomic mass is 19.3. The van der Waals surface area contributed by atoms with E-state index in [1.54, 1.807) is 6.07 Å². The quantitative estimate of drug-likeness (QED) is 0.927. The Hall–Kier alpha value is -1.69. The Morgan fingerprint density at radius 1 is 1.32 bits per heavy atom. The second kappa shape index (κ2) is 5.13. The van der Waals surface area contributed by atoms with E-state index in [9.17, 15) is 8.78 Å². The van der Waals surface area contributed by atoms with E-state index < -0.39 is 6.55 Å². The van der Waals surface area contributed by atoms with Crippen molar-refractivity contribution in [3.05, 3.63) is 30.6 Å².